The second kappa shape index (κ2) is 8.22. The van der Waals surface area contributed by atoms with E-state index in [1.54, 1.807) is 24.3 Å². The summed E-state index contributed by atoms with van der Waals surface area (Å²) in [5.41, 5.74) is 1.14. The highest BCUT2D eigenvalue weighted by molar-refractivity contribution is 5.99. The summed E-state index contributed by atoms with van der Waals surface area (Å²) in [6.45, 7) is 0.0663. The van der Waals surface area contributed by atoms with E-state index in [0.717, 1.165) is 12.1 Å². The number of methoxy groups -OCH3 is 1. The van der Waals surface area contributed by atoms with Gasteiger partial charge in [0.25, 0.3) is 5.91 Å². The lowest BCUT2D eigenvalue weighted by molar-refractivity contribution is 0.0599. The van der Waals surface area contributed by atoms with Crippen molar-refractivity contribution in [1.82, 2.24) is 4.90 Å². The zero-order chi connectivity index (χ0) is 24.0. The normalized spacial score (nSPS) is 15.0. The number of hydrogen-bond donors (Lipinski definition) is 0. The maximum Gasteiger partial charge on any atom is 0.337 e. The largest absolute Gasteiger partial charge is 0.465 e. The van der Waals surface area contributed by atoms with E-state index < -0.39 is 35.0 Å². The number of amides is 1. The van der Waals surface area contributed by atoms with Gasteiger partial charge in [0, 0.05) is 6.54 Å². The number of fused-ring (bicyclic) bond motifs is 2. The Morgan fingerprint density at radius 3 is 2.32 bits per heavy atom. The molecule has 0 saturated carbocycles. The van der Waals surface area contributed by atoms with E-state index in [0.29, 0.717) is 16.7 Å². The number of benzene rings is 3. The van der Waals surface area contributed by atoms with Gasteiger partial charge in [-0.1, -0.05) is 24.3 Å². The van der Waals surface area contributed by atoms with Crippen LogP contribution in [-0.4, -0.2) is 23.9 Å². The zero-order valence-corrected chi connectivity index (χ0v) is 17.9. The fourth-order valence-corrected chi connectivity index (χ4v) is 4.21. The first-order chi connectivity index (χ1) is 16.4. The molecule has 1 aliphatic rings. The van der Waals surface area contributed by atoms with Crippen molar-refractivity contribution in [2.75, 3.05) is 7.11 Å². The Balaban J connectivity index is 1.68. The maximum absolute atomic E-state index is 13.9. The van der Waals surface area contributed by atoms with E-state index in [2.05, 4.69) is 0 Å². The molecule has 0 bridgehead atoms. The minimum Gasteiger partial charge on any atom is -0.465 e. The van der Waals surface area contributed by atoms with E-state index in [9.17, 15) is 23.2 Å². The van der Waals surface area contributed by atoms with E-state index in [1.165, 1.54) is 42.3 Å². The maximum atomic E-state index is 13.9. The van der Waals surface area contributed by atoms with Gasteiger partial charge in [0.1, 0.15) is 17.2 Å². The van der Waals surface area contributed by atoms with Crippen molar-refractivity contribution >= 4 is 22.8 Å². The van der Waals surface area contributed by atoms with Crippen molar-refractivity contribution < 1.29 is 27.5 Å². The summed E-state index contributed by atoms with van der Waals surface area (Å²) in [4.78, 5) is 40.1. The van der Waals surface area contributed by atoms with Crippen LogP contribution in [0.1, 0.15) is 43.6 Å². The molecule has 1 aromatic heterocycles. The monoisotopic (exact) mass is 461 g/mol. The van der Waals surface area contributed by atoms with Gasteiger partial charge in [-0.2, -0.15) is 0 Å². The zero-order valence-electron chi connectivity index (χ0n) is 17.9. The molecule has 3 aromatic carbocycles. The third-order valence-electron chi connectivity index (χ3n) is 5.84. The molecular weight excluding hydrogens is 444 g/mol. The van der Waals surface area contributed by atoms with Crippen LogP contribution in [0.3, 0.4) is 0 Å². The Morgan fingerprint density at radius 1 is 0.971 bits per heavy atom. The van der Waals surface area contributed by atoms with E-state index in [4.69, 9.17) is 9.15 Å². The van der Waals surface area contributed by atoms with Gasteiger partial charge in [-0.25, -0.2) is 13.6 Å². The number of rotatable bonds is 4. The first kappa shape index (κ1) is 21.5. The van der Waals surface area contributed by atoms with E-state index >= 15 is 0 Å². The number of esters is 1. The molecule has 170 valence electrons. The predicted octanol–water partition coefficient (Wildman–Crippen LogP) is 4.60. The molecular formula is C26H17F2NO5. The van der Waals surface area contributed by atoms with Gasteiger partial charge in [-0.05, 0) is 53.6 Å². The van der Waals surface area contributed by atoms with Gasteiger partial charge < -0.3 is 14.1 Å². The number of carbonyl (C=O) groups is 2. The first-order valence-electron chi connectivity index (χ1n) is 10.4. The molecule has 1 amide bonds. The lowest BCUT2D eigenvalue weighted by atomic mass is 9.97. The van der Waals surface area contributed by atoms with Crippen molar-refractivity contribution in [3.05, 3.63) is 117 Å². The summed E-state index contributed by atoms with van der Waals surface area (Å²) in [5, 5.41) is 0.0198. The van der Waals surface area contributed by atoms with Crippen molar-refractivity contribution in [2.24, 2.45) is 0 Å². The average Bonchev–Trinajstić information content (AvgIpc) is 3.12. The lowest BCUT2D eigenvalue weighted by Crippen LogP contribution is -2.29. The molecule has 0 N–H and O–H groups in total. The topological polar surface area (TPSA) is 76.8 Å². The van der Waals surface area contributed by atoms with Crippen molar-refractivity contribution in [3.63, 3.8) is 0 Å². The minimum absolute atomic E-state index is 0.0198. The van der Waals surface area contributed by atoms with Gasteiger partial charge >= 0.3 is 5.97 Å². The molecule has 1 atom stereocenters. The Bertz CT molecular complexity index is 1490. The molecule has 1 aliphatic heterocycles. The quantitative estimate of drug-likeness (QED) is 0.415. The summed E-state index contributed by atoms with van der Waals surface area (Å²) >= 11 is 0. The van der Waals surface area contributed by atoms with Crippen LogP contribution in [-0.2, 0) is 11.3 Å². The van der Waals surface area contributed by atoms with Gasteiger partial charge in [0.2, 0.25) is 5.76 Å². The fraction of sp³-hybridized carbons (Fsp3) is 0.115. The lowest BCUT2D eigenvalue weighted by Gasteiger charge is -2.25. The standard InChI is InChI=1S/C26H17F2NO5/c1-33-26(32)16-6-4-15(5-7-16)22-21-23(30)19-12-18(28)10-11-20(19)34-24(21)25(31)29(22)13-14-2-8-17(27)9-3-14/h2-12,22H,13H2,1H3. The van der Waals surface area contributed by atoms with Crippen LogP contribution in [0.2, 0.25) is 0 Å². The smallest absolute Gasteiger partial charge is 0.337 e. The van der Waals surface area contributed by atoms with Crippen LogP contribution in [0.4, 0.5) is 8.78 Å². The van der Waals surface area contributed by atoms with Crippen molar-refractivity contribution in [3.8, 4) is 0 Å². The van der Waals surface area contributed by atoms with Gasteiger partial charge in [0.15, 0.2) is 5.43 Å². The summed E-state index contributed by atoms with van der Waals surface area (Å²) < 4.78 is 37.8. The van der Waals surface area contributed by atoms with Crippen LogP contribution in [0.15, 0.2) is 75.9 Å². The fourth-order valence-electron chi connectivity index (χ4n) is 4.21. The van der Waals surface area contributed by atoms with Crippen LogP contribution in [0.25, 0.3) is 11.0 Å². The van der Waals surface area contributed by atoms with Crippen LogP contribution in [0, 0.1) is 11.6 Å². The number of hydrogen-bond acceptors (Lipinski definition) is 5. The van der Waals surface area contributed by atoms with Crippen molar-refractivity contribution in [2.45, 2.75) is 12.6 Å². The Labute approximate surface area is 192 Å². The average molecular weight is 461 g/mol. The highest BCUT2D eigenvalue weighted by atomic mass is 19.1. The molecule has 2 heterocycles. The third-order valence-corrected chi connectivity index (χ3v) is 5.84. The molecule has 1 unspecified atom stereocenters. The number of nitrogens with zero attached hydrogens (tertiary/aromatic N) is 1. The molecule has 5 rings (SSSR count). The molecule has 0 aliphatic carbocycles. The molecule has 0 fully saturated rings. The van der Waals surface area contributed by atoms with Crippen LogP contribution < -0.4 is 5.43 Å². The molecule has 0 radical (unpaired) electrons. The van der Waals surface area contributed by atoms with Crippen LogP contribution >= 0.6 is 0 Å². The van der Waals surface area contributed by atoms with Gasteiger partial charge in [-0.15, -0.1) is 0 Å². The molecule has 8 heteroatoms. The SMILES string of the molecule is COC(=O)c1ccc(C2c3c(oc4ccc(F)cc4c3=O)C(=O)N2Cc2ccc(F)cc2)cc1. The summed E-state index contributed by atoms with van der Waals surface area (Å²) in [6, 6.07) is 14.6. The van der Waals surface area contributed by atoms with E-state index in [-0.39, 0.29) is 28.8 Å². The highest BCUT2D eigenvalue weighted by Crippen LogP contribution is 2.39. The summed E-state index contributed by atoms with van der Waals surface area (Å²) in [7, 11) is 1.27. The molecule has 6 nitrogen and oxygen atoms in total. The first-order valence-corrected chi connectivity index (χ1v) is 10.4. The van der Waals surface area contributed by atoms with Gasteiger partial charge in [-0.3, -0.25) is 9.59 Å². The third kappa shape index (κ3) is 3.53. The predicted molar refractivity (Wildman–Crippen MR) is 118 cm³/mol. The molecule has 0 saturated heterocycles. The molecule has 0 spiro atoms. The highest BCUT2D eigenvalue weighted by Gasteiger charge is 2.42. The Morgan fingerprint density at radius 2 is 1.65 bits per heavy atom. The van der Waals surface area contributed by atoms with E-state index in [1.807, 2.05) is 0 Å². The number of carbonyl (C=O) groups excluding carboxylic acids is 2. The second-order valence-electron chi connectivity index (χ2n) is 7.89. The Kier molecular flexibility index (Phi) is 5.20. The minimum atomic E-state index is -0.858. The van der Waals surface area contributed by atoms with Crippen LogP contribution in [0.5, 0.6) is 0 Å². The van der Waals surface area contributed by atoms with Gasteiger partial charge in [0.05, 0.1) is 29.7 Å². The number of halogens is 2. The molecule has 34 heavy (non-hydrogen) atoms. The van der Waals surface area contributed by atoms with Crippen molar-refractivity contribution in [1.29, 1.82) is 0 Å². The molecule has 4 aromatic rings. The summed E-state index contributed by atoms with van der Waals surface area (Å²) in [5.74, 6) is -2.21. The Hall–Kier alpha value is -4.33. The summed E-state index contributed by atoms with van der Waals surface area (Å²) in [6.07, 6.45) is 0. The second-order valence-corrected chi connectivity index (χ2v) is 7.89. The number of ether oxygens (including phenoxy) is 1.